The minimum atomic E-state index is 0.178. The van der Waals surface area contributed by atoms with Crippen LogP contribution < -0.4 is 9.64 Å². The Labute approximate surface area is 280 Å². The number of carbonyl (C=O) groups excluding carboxylic acids is 1. The normalized spacial score (nSPS) is 25.3. The molecule has 4 saturated carbocycles. The number of amides is 1. The zero-order valence-electron chi connectivity index (χ0n) is 28.2. The van der Waals surface area contributed by atoms with Crippen LogP contribution in [0.2, 0.25) is 0 Å². The van der Waals surface area contributed by atoms with Crippen LogP contribution in [0.1, 0.15) is 61.4 Å². The molecule has 0 N–H and O–H groups in total. The molecule has 0 aromatic heterocycles. The van der Waals surface area contributed by atoms with Gasteiger partial charge in [0.25, 0.3) is 5.91 Å². The highest BCUT2D eigenvalue weighted by Gasteiger charge is 2.51. The Bertz CT molecular complexity index is 1700. The predicted molar refractivity (Wildman–Crippen MR) is 192 cm³/mol. The number of hydrogen-bond acceptors (Lipinski definition) is 4. The highest BCUT2D eigenvalue weighted by atomic mass is 16.5. The van der Waals surface area contributed by atoms with E-state index >= 15 is 0 Å². The van der Waals surface area contributed by atoms with Gasteiger partial charge >= 0.3 is 0 Å². The summed E-state index contributed by atoms with van der Waals surface area (Å²) in [5, 5.41) is 2.61. The van der Waals surface area contributed by atoms with Crippen molar-refractivity contribution < 1.29 is 9.53 Å². The quantitative estimate of drug-likeness (QED) is 0.186. The van der Waals surface area contributed by atoms with Crippen LogP contribution in [0.3, 0.4) is 0 Å². The number of carbonyl (C=O) groups is 1. The first-order valence-corrected chi connectivity index (χ1v) is 18.0. The lowest BCUT2D eigenvalue weighted by Gasteiger charge is -2.57. The van der Waals surface area contributed by atoms with E-state index in [9.17, 15) is 4.79 Å². The monoisotopic (exact) mass is 627 g/mol. The first-order chi connectivity index (χ1) is 22.9. The van der Waals surface area contributed by atoms with Crippen LogP contribution in [0.4, 0.5) is 5.69 Å². The molecule has 1 heterocycles. The number of nitrogens with zero attached hydrogens (tertiary/aromatic N) is 3. The zero-order chi connectivity index (χ0) is 32.0. The van der Waals surface area contributed by atoms with Crippen LogP contribution in [0.5, 0.6) is 5.75 Å². The molecule has 0 radical (unpaired) electrons. The van der Waals surface area contributed by atoms with Gasteiger partial charge in [-0.15, -0.1) is 0 Å². The number of piperazine rings is 1. The van der Waals surface area contributed by atoms with Gasteiger partial charge in [0, 0.05) is 57.6 Å². The SMILES string of the molecule is CCOc1cccc(-c2ccc(CN3CCN(c4ccc(C(=O)N(C)CC56CC7CC(CC(C7)C5)C6)cc4)CC3)c3ccccc23)c1. The maximum atomic E-state index is 13.5. The third-order valence-electron chi connectivity index (χ3n) is 11.8. The van der Waals surface area contributed by atoms with Gasteiger partial charge in [0.1, 0.15) is 5.75 Å². The van der Waals surface area contributed by atoms with E-state index in [0.717, 1.165) is 68.3 Å². The number of benzene rings is 4. The molecule has 5 fully saturated rings. The molecule has 0 atom stereocenters. The lowest BCUT2D eigenvalue weighted by molar-refractivity contribution is -0.0629. The second-order valence-electron chi connectivity index (χ2n) is 15.2. The standard InChI is InChI=1S/C42H49N3O2/c1-3-47-37-8-6-7-34(24-37)39-16-13-35(38-9-4-5-10-40(38)39)28-44-17-19-45(20-18-44)36-14-11-33(12-15-36)41(46)43(2)29-42-25-30-21-31(26-42)23-32(22-30)27-42/h4-16,24,30-32H,3,17-23,25-29H2,1-2H3. The summed E-state index contributed by atoms with van der Waals surface area (Å²) in [6.07, 6.45) is 8.36. The molecule has 4 bridgehead atoms. The van der Waals surface area contributed by atoms with Crippen LogP contribution >= 0.6 is 0 Å². The summed E-state index contributed by atoms with van der Waals surface area (Å²) < 4.78 is 5.78. The summed E-state index contributed by atoms with van der Waals surface area (Å²) in [5.41, 5.74) is 6.22. The average molecular weight is 628 g/mol. The Kier molecular flexibility index (Phi) is 8.21. The molecular weight excluding hydrogens is 578 g/mol. The Hall–Kier alpha value is -3.83. The molecule has 5 aliphatic rings. The largest absolute Gasteiger partial charge is 0.494 e. The highest BCUT2D eigenvalue weighted by molar-refractivity contribution is 5.98. The molecule has 1 aliphatic heterocycles. The fourth-order valence-corrected chi connectivity index (χ4v) is 10.2. The molecule has 47 heavy (non-hydrogen) atoms. The molecule has 4 aromatic carbocycles. The van der Waals surface area contributed by atoms with Gasteiger partial charge in [0.2, 0.25) is 0 Å². The second kappa shape index (κ2) is 12.6. The molecule has 4 aliphatic carbocycles. The van der Waals surface area contributed by atoms with Crippen LogP contribution in [0.15, 0.2) is 84.9 Å². The molecule has 4 aromatic rings. The van der Waals surface area contributed by atoms with E-state index in [1.165, 1.54) is 71.7 Å². The van der Waals surface area contributed by atoms with Crippen molar-refractivity contribution in [3.63, 3.8) is 0 Å². The number of rotatable bonds is 9. The van der Waals surface area contributed by atoms with E-state index in [0.29, 0.717) is 12.0 Å². The van der Waals surface area contributed by atoms with Crippen molar-refractivity contribution in [2.24, 2.45) is 23.2 Å². The summed E-state index contributed by atoms with van der Waals surface area (Å²) in [4.78, 5) is 20.6. The van der Waals surface area contributed by atoms with Crippen LogP contribution in [0, 0.1) is 23.2 Å². The highest BCUT2D eigenvalue weighted by Crippen LogP contribution is 2.60. The number of hydrogen-bond donors (Lipinski definition) is 0. The van der Waals surface area contributed by atoms with E-state index in [2.05, 4.69) is 88.7 Å². The molecule has 1 amide bonds. The van der Waals surface area contributed by atoms with Gasteiger partial charge < -0.3 is 14.5 Å². The molecule has 0 spiro atoms. The smallest absolute Gasteiger partial charge is 0.253 e. The summed E-state index contributed by atoms with van der Waals surface area (Å²) in [6, 6.07) is 30.3. The summed E-state index contributed by atoms with van der Waals surface area (Å²) in [5.74, 6) is 3.84. The lowest BCUT2D eigenvalue weighted by atomic mass is 9.49. The van der Waals surface area contributed by atoms with Crippen LogP contribution in [0.25, 0.3) is 21.9 Å². The van der Waals surface area contributed by atoms with Crippen molar-refractivity contribution in [1.82, 2.24) is 9.80 Å². The Balaban J connectivity index is 0.889. The molecular formula is C42H49N3O2. The first-order valence-electron chi connectivity index (χ1n) is 18.0. The minimum Gasteiger partial charge on any atom is -0.494 e. The molecule has 9 rings (SSSR count). The van der Waals surface area contributed by atoms with Crippen molar-refractivity contribution in [2.45, 2.75) is 52.0 Å². The third-order valence-corrected chi connectivity index (χ3v) is 11.8. The average Bonchev–Trinajstić information content (AvgIpc) is 3.08. The predicted octanol–water partition coefficient (Wildman–Crippen LogP) is 8.52. The van der Waals surface area contributed by atoms with Crippen molar-refractivity contribution >= 4 is 22.4 Å². The minimum absolute atomic E-state index is 0.178. The Morgan fingerprint density at radius 1 is 0.809 bits per heavy atom. The number of anilines is 1. The van der Waals surface area contributed by atoms with E-state index in [4.69, 9.17) is 4.74 Å². The molecule has 5 nitrogen and oxygen atoms in total. The van der Waals surface area contributed by atoms with E-state index in [1.54, 1.807) is 0 Å². The van der Waals surface area contributed by atoms with Crippen LogP contribution in [-0.4, -0.2) is 62.1 Å². The molecule has 244 valence electrons. The van der Waals surface area contributed by atoms with Gasteiger partial charge in [-0.3, -0.25) is 9.69 Å². The summed E-state index contributed by atoms with van der Waals surface area (Å²) >= 11 is 0. The number of ether oxygens (including phenoxy) is 1. The van der Waals surface area contributed by atoms with E-state index in [1.807, 2.05) is 24.9 Å². The van der Waals surface area contributed by atoms with Gasteiger partial charge in [-0.1, -0.05) is 48.5 Å². The molecule has 5 heteroatoms. The molecule has 1 saturated heterocycles. The van der Waals surface area contributed by atoms with Gasteiger partial charge in [-0.25, -0.2) is 0 Å². The second-order valence-corrected chi connectivity index (χ2v) is 15.2. The summed E-state index contributed by atoms with van der Waals surface area (Å²) in [6.45, 7) is 8.56. The van der Waals surface area contributed by atoms with Gasteiger partial charge in [-0.05, 0) is 132 Å². The first kappa shape index (κ1) is 30.5. The maximum Gasteiger partial charge on any atom is 0.253 e. The van der Waals surface area contributed by atoms with Gasteiger partial charge in [-0.2, -0.15) is 0 Å². The van der Waals surface area contributed by atoms with Crippen molar-refractivity contribution in [3.05, 3.63) is 96.1 Å². The van der Waals surface area contributed by atoms with Crippen molar-refractivity contribution in [3.8, 4) is 16.9 Å². The fourth-order valence-electron chi connectivity index (χ4n) is 10.2. The third kappa shape index (κ3) is 6.15. The van der Waals surface area contributed by atoms with Crippen molar-refractivity contribution in [2.75, 3.05) is 51.3 Å². The Morgan fingerprint density at radius 3 is 2.17 bits per heavy atom. The van der Waals surface area contributed by atoms with Gasteiger partial charge in [0.05, 0.1) is 6.61 Å². The molecule has 0 unspecified atom stereocenters. The van der Waals surface area contributed by atoms with E-state index < -0.39 is 0 Å². The van der Waals surface area contributed by atoms with E-state index in [-0.39, 0.29) is 5.91 Å². The zero-order valence-corrected chi connectivity index (χ0v) is 28.2. The number of fused-ring (bicyclic) bond motifs is 1. The van der Waals surface area contributed by atoms with Crippen LogP contribution in [-0.2, 0) is 6.54 Å². The topological polar surface area (TPSA) is 36.0 Å². The fraction of sp³-hybridized carbons (Fsp3) is 0.452. The lowest BCUT2D eigenvalue weighted by Crippen LogP contribution is -2.51. The van der Waals surface area contributed by atoms with Crippen molar-refractivity contribution in [1.29, 1.82) is 0 Å². The maximum absolute atomic E-state index is 13.5. The summed E-state index contributed by atoms with van der Waals surface area (Å²) in [7, 11) is 2.03. The van der Waals surface area contributed by atoms with Gasteiger partial charge in [0.15, 0.2) is 0 Å². The Morgan fingerprint density at radius 2 is 1.49 bits per heavy atom.